The summed E-state index contributed by atoms with van der Waals surface area (Å²) in [7, 11) is 0. The average molecular weight is 260 g/mol. The standard InChI is InChI=1S/C15H16O4/c1-14(2)5-11(18)13-8-4-9(16)10(17)6-15(8,3)19-12(13)7-14/h4H,5-7H2,1-3H3. The van der Waals surface area contributed by atoms with Gasteiger partial charge in [-0.25, -0.2) is 0 Å². The molecule has 0 saturated carbocycles. The van der Waals surface area contributed by atoms with Crippen LogP contribution in [0.3, 0.4) is 0 Å². The summed E-state index contributed by atoms with van der Waals surface area (Å²) in [4.78, 5) is 35.5. The molecule has 0 aromatic heterocycles. The highest BCUT2D eigenvalue weighted by molar-refractivity contribution is 6.43. The topological polar surface area (TPSA) is 60.4 Å². The number of hydrogen-bond donors (Lipinski definition) is 0. The van der Waals surface area contributed by atoms with Crippen LogP contribution in [0.4, 0.5) is 0 Å². The van der Waals surface area contributed by atoms with E-state index < -0.39 is 17.2 Å². The van der Waals surface area contributed by atoms with Crippen molar-refractivity contribution in [2.24, 2.45) is 5.41 Å². The van der Waals surface area contributed by atoms with Gasteiger partial charge in [0.25, 0.3) is 0 Å². The third kappa shape index (κ3) is 1.70. The van der Waals surface area contributed by atoms with Gasteiger partial charge < -0.3 is 4.74 Å². The van der Waals surface area contributed by atoms with E-state index in [9.17, 15) is 14.4 Å². The molecule has 19 heavy (non-hydrogen) atoms. The van der Waals surface area contributed by atoms with Crippen molar-refractivity contribution < 1.29 is 19.1 Å². The summed E-state index contributed by atoms with van der Waals surface area (Å²) in [5, 5.41) is 0. The summed E-state index contributed by atoms with van der Waals surface area (Å²) >= 11 is 0. The predicted octanol–water partition coefficient (Wildman–Crippen LogP) is 1.89. The summed E-state index contributed by atoms with van der Waals surface area (Å²) in [6.45, 7) is 5.82. The molecule has 3 aliphatic rings. The van der Waals surface area contributed by atoms with Crippen LogP contribution >= 0.6 is 0 Å². The Bertz CT molecular complexity index is 591. The zero-order valence-electron chi connectivity index (χ0n) is 11.3. The lowest BCUT2D eigenvalue weighted by molar-refractivity contribution is -0.137. The Balaban J connectivity index is 2.12. The maximum Gasteiger partial charge on any atom is 0.222 e. The molecule has 1 aliphatic heterocycles. The number of carbonyl (C=O) groups is 3. The van der Waals surface area contributed by atoms with E-state index in [1.807, 2.05) is 13.8 Å². The largest absolute Gasteiger partial charge is 0.486 e. The van der Waals surface area contributed by atoms with Crippen molar-refractivity contribution in [3.8, 4) is 0 Å². The fourth-order valence-electron chi connectivity index (χ4n) is 3.20. The zero-order valence-corrected chi connectivity index (χ0v) is 11.3. The third-order valence-electron chi connectivity index (χ3n) is 4.07. The Hall–Kier alpha value is -1.71. The summed E-state index contributed by atoms with van der Waals surface area (Å²) in [6.07, 6.45) is 2.44. The second kappa shape index (κ2) is 3.44. The second-order valence-electron chi connectivity index (χ2n) is 6.59. The highest BCUT2D eigenvalue weighted by Crippen LogP contribution is 2.50. The molecule has 0 aromatic carbocycles. The Kier molecular flexibility index (Phi) is 2.23. The van der Waals surface area contributed by atoms with Gasteiger partial charge in [-0.15, -0.1) is 0 Å². The number of allylic oxidation sites excluding steroid dienone is 2. The van der Waals surface area contributed by atoms with Gasteiger partial charge in [0.1, 0.15) is 11.4 Å². The highest BCUT2D eigenvalue weighted by Gasteiger charge is 2.51. The molecule has 1 heterocycles. The molecule has 2 aliphatic carbocycles. The van der Waals surface area contributed by atoms with Crippen LogP contribution in [0.25, 0.3) is 0 Å². The van der Waals surface area contributed by atoms with Crippen molar-refractivity contribution in [2.45, 2.75) is 45.6 Å². The fraction of sp³-hybridized carbons (Fsp3) is 0.533. The van der Waals surface area contributed by atoms with E-state index in [0.717, 1.165) is 0 Å². The number of Topliss-reactive ketones (excluding diaryl/α,β-unsaturated/α-hetero) is 2. The van der Waals surface area contributed by atoms with E-state index >= 15 is 0 Å². The van der Waals surface area contributed by atoms with E-state index in [-0.39, 0.29) is 17.6 Å². The Morgan fingerprint density at radius 2 is 1.68 bits per heavy atom. The predicted molar refractivity (Wildman–Crippen MR) is 67.3 cm³/mol. The molecule has 0 aromatic rings. The van der Waals surface area contributed by atoms with Gasteiger partial charge in [0.15, 0.2) is 5.78 Å². The molecular weight excluding hydrogens is 244 g/mol. The molecule has 0 spiro atoms. The van der Waals surface area contributed by atoms with Crippen molar-refractivity contribution in [3.63, 3.8) is 0 Å². The first kappa shape index (κ1) is 12.3. The lowest BCUT2D eigenvalue weighted by Gasteiger charge is -2.29. The maximum absolute atomic E-state index is 12.3. The van der Waals surface area contributed by atoms with E-state index in [2.05, 4.69) is 0 Å². The van der Waals surface area contributed by atoms with Crippen molar-refractivity contribution in [1.29, 1.82) is 0 Å². The van der Waals surface area contributed by atoms with Gasteiger partial charge in [-0.3, -0.25) is 14.4 Å². The number of ketones is 3. The molecule has 1 atom stereocenters. The van der Waals surface area contributed by atoms with Crippen LogP contribution in [0.1, 0.15) is 40.0 Å². The van der Waals surface area contributed by atoms with Crippen LogP contribution in [-0.2, 0) is 19.1 Å². The van der Waals surface area contributed by atoms with Gasteiger partial charge in [-0.1, -0.05) is 13.8 Å². The molecule has 0 saturated heterocycles. The Labute approximate surface area is 111 Å². The number of ether oxygens (including phenoxy) is 1. The lowest BCUT2D eigenvalue weighted by atomic mass is 9.73. The van der Waals surface area contributed by atoms with Crippen LogP contribution < -0.4 is 0 Å². The van der Waals surface area contributed by atoms with Crippen LogP contribution in [0.5, 0.6) is 0 Å². The monoisotopic (exact) mass is 260 g/mol. The lowest BCUT2D eigenvalue weighted by Crippen LogP contribution is -2.37. The molecular formula is C15H16O4. The fourth-order valence-corrected chi connectivity index (χ4v) is 3.20. The number of hydrogen-bond acceptors (Lipinski definition) is 4. The van der Waals surface area contributed by atoms with E-state index in [0.29, 0.717) is 29.7 Å². The molecule has 0 radical (unpaired) electrons. The Morgan fingerprint density at radius 1 is 1.00 bits per heavy atom. The summed E-state index contributed by atoms with van der Waals surface area (Å²) in [6, 6.07) is 0. The normalized spacial score (nSPS) is 32.8. The first-order valence-corrected chi connectivity index (χ1v) is 6.47. The molecule has 3 rings (SSSR count). The number of carbonyl (C=O) groups excluding carboxylic acids is 3. The molecule has 0 amide bonds. The molecule has 0 N–H and O–H groups in total. The summed E-state index contributed by atoms with van der Waals surface area (Å²) in [5.41, 5.74) is 0.190. The van der Waals surface area contributed by atoms with Crippen LogP contribution in [0.15, 0.2) is 23.0 Å². The number of rotatable bonds is 0. The van der Waals surface area contributed by atoms with Crippen molar-refractivity contribution >= 4 is 17.3 Å². The molecule has 4 heteroatoms. The zero-order chi connectivity index (χ0) is 14.0. The summed E-state index contributed by atoms with van der Waals surface area (Å²) < 4.78 is 5.90. The van der Waals surface area contributed by atoms with Crippen molar-refractivity contribution in [3.05, 3.63) is 23.0 Å². The van der Waals surface area contributed by atoms with E-state index in [1.165, 1.54) is 6.08 Å². The van der Waals surface area contributed by atoms with Gasteiger partial charge in [-0.05, 0) is 18.4 Å². The molecule has 0 bridgehead atoms. The van der Waals surface area contributed by atoms with Crippen molar-refractivity contribution in [1.82, 2.24) is 0 Å². The second-order valence-corrected chi connectivity index (χ2v) is 6.59. The first-order chi connectivity index (χ1) is 8.72. The van der Waals surface area contributed by atoms with E-state index in [4.69, 9.17) is 4.74 Å². The quantitative estimate of drug-likeness (QED) is 0.624. The first-order valence-electron chi connectivity index (χ1n) is 6.47. The van der Waals surface area contributed by atoms with E-state index in [1.54, 1.807) is 6.92 Å². The average Bonchev–Trinajstić information content (AvgIpc) is 2.48. The molecule has 4 nitrogen and oxygen atoms in total. The molecule has 1 unspecified atom stereocenters. The van der Waals surface area contributed by atoms with Crippen molar-refractivity contribution in [2.75, 3.05) is 0 Å². The van der Waals surface area contributed by atoms with Gasteiger partial charge in [0.05, 0.1) is 12.0 Å². The van der Waals surface area contributed by atoms with Gasteiger partial charge >= 0.3 is 0 Å². The van der Waals surface area contributed by atoms with Gasteiger partial charge in [0, 0.05) is 18.4 Å². The van der Waals surface area contributed by atoms with Gasteiger partial charge in [0.2, 0.25) is 11.6 Å². The van der Waals surface area contributed by atoms with Crippen LogP contribution in [0.2, 0.25) is 0 Å². The SMILES string of the molecule is CC1(C)CC(=O)C2=C(C1)OC1(C)CC(=O)C(=O)C=C21. The third-order valence-corrected chi connectivity index (χ3v) is 4.07. The van der Waals surface area contributed by atoms with Gasteiger partial charge in [-0.2, -0.15) is 0 Å². The minimum atomic E-state index is -0.828. The minimum Gasteiger partial charge on any atom is -0.486 e. The van der Waals surface area contributed by atoms with Crippen LogP contribution in [-0.4, -0.2) is 23.0 Å². The Morgan fingerprint density at radius 3 is 2.37 bits per heavy atom. The highest BCUT2D eigenvalue weighted by atomic mass is 16.5. The minimum absolute atomic E-state index is 0.0170. The maximum atomic E-state index is 12.3. The smallest absolute Gasteiger partial charge is 0.222 e. The number of fused-ring (bicyclic) bond motifs is 2. The molecule has 0 fully saturated rings. The molecule has 100 valence electrons. The summed E-state index contributed by atoms with van der Waals surface area (Å²) in [5.74, 6) is -0.305. The van der Waals surface area contributed by atoms with Crippen LogP contribution in [0, 0.1) is 5.41 Å².